The van der Waals surface area contributed by atoms with Gasteiger partial charge in [0.05, 0.1) is 12.2 Å². The van der Waals surface area contributed by atoms with Crippen molar-refractivity contribution in [2.45, 2.75) is 218 Å². The van der Waals surface area contributed by atoms with Crippen molar-refractivity contribution in [2.75, 3.05) is 20.6 Å². The molecule has 0 radical (unpaired) electrons. The summed E-state index contributed by atoms with van der Waals surface area (Å²) in [7, 11) is 4.42. The second-order valence-electron chi connectivity index (χ2n) is 15.8. The fourth-order valence-corrected chi connectivity index (χ4v) is 7.83. The van der Waals surface area contributed by atoms with Gasteiger partial charge in [0, 0.05) is 19.4 Å². The van der Waals surface area contributed by atoms with Gasteiger partial charge in [-0.15, -0.1) is 0 Å². The molecule has 284 valence electrons. The van der Waals surface area contributed by atoms with Crippen LogP contribution in [-0.4, -0.2) is 43.5 Å². The Bertz CT molecular complexity index is 809. The molecule has 3 heteroatoms. The van der Waals surface area contributed by atoms with E-state index in [0.29, 0.717) is 12.2 Å². The minimum Gasteiger partial charge on any atom is -0.344 e. The highest BCUT2D eigenvalue weighted by atomic mass is 16.8. The van der Waals surface area contributed by atoms with Crippen molar-refractivity contribution in [3.63, 3.8) is 0 Å². The summed E-state index contributed by atoms with van der Waals surface area (Å²) in [5, 5.41) is 0. The topological polar surface area (TPSA) is 21.7 Å². The van der Waals surface area contributed by atoms with Gasteiger partial charge in [-0.2, -0.15) is 0 Å². The van der Waals surface area contributed by atoms with Crippen LogP contribution in [0.3, 0.4) is 0 Å². The SMILES string of the molecule is CCCCCC=CCC=CCCCCCCCCC1(CCCCCCCCC=CCC=CCCCCC)O[C@H]2CC[C@H](CN(C)C)C[C@H]2O1. The number of hydrogen-bond acceptors (Lipinski definition) is 3. The largest absolute Gasteiger partial charge is 0.344 e. The molecule has 0 unspecified atom stereocenters. The van der Waals surface area contributed by atoms with Crippen LogP contribution in [0.15, 0.2) is 48.6 Å². The number of unbranched alkanes of at least 4 members (excludes halogenated alkanes) is 18. The lowest BCUT2D eigenvalue weighted by Gasteiger charge is -2.31. The molecule has 0 amide bonds. The molecule has 2 aliphatic rings. The molecular weight excluding hydrogens is 599 g/mol. The summed E-state index contributed by atoms with van der Waals surface area (Å²) in [5.74, 6) is 0.437. The van der Waals surface area contributed by atoms with E-state index in [4.69, 9.17) is 9.47 Å². The molecule has 1 aliphatic heterocycles. The number of hydrogen-bond donors (Lipinski definition) is 0. The average molecular weight is 682 g/mol. The average Bonchev–Trinajstić information content (AvgIpc) is 3.45. The molecule has 0 N–H and O–H groups in total. The minimum absolute atomic E-state index is 0.313. The number of fused-ring (bicyclic) bond motifs is 1. The van der Waals surface area contributed by atoms with Gasteiger partial charge in [0.2, 0.25) is 0 Å². The molecule has 0 spiro atoms. The first-order valence-corrected chi connectivity index (χ1v) is 21.7. The van der Waals surface area contributed by atoms with Crippen molar-refractivity contribution in [2.24, 2.45) is 5.92 Å². The zero-order valence-electron chi connectivity index (χ0n) is 33.3. The van der Waals surface area contributed by atoms with Crippen molar-refractivity contribution >= 4 is 0 Å². The van der Waals surface area contributed by atoms with Gasteiger partial charge < -0.3 is 14.4 Å². The Labute approximate surface area is 306 Å². The molecule has 3 nitrogen and oxygen atoms in total. The lowest BCUT2D eigenvalue weighted by Crippen LogP contribution is -2.35. The normalized spacial score (nSPS) is 23.0. The number of ether oxygens (including phenoxy) is 2. The number of allylic oxidation sites excluding steroid dienone is 8. The van der Waals surface area contributed by atoms with Crippen LogP contribution < -0.4 is 0 Å². The van der Waals surface area contributed by atoms with E-state index < -0.39 is 0 Å². The Morgan fingerprint density at radius 3 is 1.35 bits per heavy atom. The third-order valence-corrected chi connectivity index (χ3v) is 10.7. The summed E-state index contributed by atoms with van der Waals surface area (Å²) in [6.07, 6.45) is 56.5. The number of nitrogens with zero attached hydrogens (tertiary/aromatic N) is 1. The summed E-state index contributed by atoms with van der Waals surface area (Å²) >= 11 is 0. The first-order valence-electron chi connectivity index (χ1n) is 21.7. The van der Waals surface area contributed by atoms with Gasteiger partial charge in [0.25, 0.3) is 0 Å². The molecule has 1 saturated carbocycles. The van der Waals surface area contributed by atoms with Crippen LogP contribution in [-0.2, 0) is 9.47 Å². The lowest BCUT2D eigenvalue weighted by molar-refractivity contribution is -0.186. The Balaban J connectivity index is 1.61. The van der Waals surface area contributed by atoms with Gasteiger partial charge in [-0.3, -0.25) is 0 Å². The zero-order chi connectivity index (χ0) is 35.1. The Morgan fingerprint density at radius 1 is 0.490 bits per heavy atom. The summed E-state index contributed by atoms with van der Waals surface area (Å²) in [4.78, 5) is 2.35. The molecule has 0 aromatic carbocycles. The molecule has 2 fully saturated rings. The van der Waals surface area contributed by atoms with Crippen LogP contribution in [0.25, 0.3) is 0 Å². The van der Waals surface area contributed by atoms with E-state index >= 15 is 0 Å². The van der Waals surface area contributed by atoms with Crippen LogP contribution in [0.5, 0.6) is 0 Å². The fourth-order valence-electron chi connectivity index (χ4n) is 7.83. The van der Waals surface area contributed by atoms with Crippen LogP contribution in [0.1, 0.15) is 200 Å². The Hall–Kier alpha value is -1.16. The zero-order valence-corrected chi connectivity index (χ0v) is 33.3. The van der Waals surface area contributed by atoms with Crippen LogP contribution in [0.4, 0.5) is 0 Å². The van der Waals surface area contributed by atoms with E-state index in [-0.39, 0.29) is 5.79 Å². The van der Waals surface area contributed by atoms with Crippen LogP contribution >= 0.6 is 0 Å². The Kier molecular flexibility index (Phi) is 27.4. The first kappa shape index (κ1) is 44.0. The fraction of sp³-hybridized carbons (Fsp3) is 0.826. The minimum atomic E-state index is -0.313. The molecule has 49 heavy (non-hydrogen) atoms. The van der Waals surface area contributed by atoms with Crippen molar-refractivity contribution in [3.8, 4) is 0 Å². The Morgan fingerprint density at radius 2 is 0.898 bits per heavy atom. The predicted molar refractivity (Wildman–Crippen MR) is 216 cm³/mol. The van der Waals surface area contributed by atoms with E-state index in [1.165, 1.54) is 167 Å². The van der Waals surface area contributed by atoms with Gasteiger partial charge >= 0.3 is 0 Å². The second-order valence-corrected chi connectivity index (χ2v) is 15.8. The highest BCUT2D eigenvalue weighted by Gasteiger charge is 2.48. The smallest absolute Gasteiger partial charge is 0.169 e. The predicted octanol–water partition coefficient (Wildman–Crippen LogP) is 14.2. The van der Waals surface area contributed by atoms with E-state index in [2.05, 4.69) is 81.5 Å². The maximum absolute atomic E-state index is 6.95. The summed E-state index contributed by atoms with van der Waals surface area (Å²) in [6.45, 7) is 5.72. The van der Waals surface area contributed by atoms with Crippen molar-refractivity contribution in [1.29, 1.82) is 0 Å². The van der Waals surface area contributed by atoms with Crippen LogP contribution in [0, 0.1) is 5.92 Å². The van der Waals surface area contributed by atoms with Crippen molar-refractivity contribution < 1.29 is 9.47 Å². The molecule has 1 heterocycles. The quantitative estimate of drug-likeness (QED) is 0.0521. The van der Waals surface area contributed by atoms with Crippen LogP contribution in [0.2, 0.25) is 0 Å². The molecule has 0 aromatic heterocycles. The first-order chi connectivity index (χ1) is 24.1. The molecule has 0 bridgehead atoms. The standard InChI is InChI=1S/C46H83NO2/c1-5-7-9-11-13-15-17-19-21-23-25-27-29-31-33-35-39-46(48-44-38-37-43(42-47(3)4)41-45(44)49-46)40-36-34-32-30-28-26-24-22-20-18-16-14-12-10-8-6-2/h13-16,19-22,43-45H,5-12,17-18,23-42H2,1-4H3/t43-,44-,45+,46?/m0/s1. The molecular formula is C46H83NO2. The maximum Gasteiger partial charge on any atom is 0.169 e. The van der Waals surface area contributed by atoms with E-state index in [1.807, 2.05) is 0 Å². The summed E-state index contributed by atoms with van der Waals surface area (Å²) in [6, 6.07) is 0. The van der Waals surface area contributed by atoms with Gasteiger partial charge in [0.15, 0.2) is 5.79 Å². The van der Waals surface area contributed by atoms with Gasteiger partial charge in [-0.1, -0.05) is 140 Å². The van der Waals surface area contributed by atoms with Gasteiger partial charge in [-0.25, -0.2) is 0 Å². The molecule has 0 aromatic rings. The van der Waals surface area contributed by atoms with Crippen molar-refractivity contribution in [3.05, 3.63) is 48.6 Å². The third kappa shape index (κ3) is 23.1. The van der Waals surface area contributed by atoms with Gasteiger partial charge in [0.1, 0.15) is 0 Å². The second kappa shape index (κ2) is 30.5. The third-order valence-electron chi connectivity index (χ3n) is 10.7. The molecule has 1 aliphatic carbocycles. The summed E-state index contributed by atoms with van der Waals surface area (Å²) < 4.78 is 13.8. The molecule has 2 rings (SSSR count). The van der Waals surface area contributed by atoms with E-state index in [0.717, 1.165) is 31.6 Å². The number of rotatable bonds is 32. The molecule has 3 atom stereocenters. The summed E-state index contributed by atoms with van der Waals surface area (Å²) in [5.41, 5.74) is 0. The monoisotopic (exact) mass is 682 g/mol. The highest BCUT2D eigenvalue weighted by Crippen LogP contribution is 2.44. The highest BCUT2D eigenvalue weighted by molar-refractivity contribution is 4.94. The maximum atomic E-state index is 6.95. The van der Waals surface area contributed by atoms with Gasteiger partial charge in [-0.05, 0) is 116 Å². The van der Waals surface area contributed by atoms with E-state index in [1.54, 1.807) is 0 Å². The molecule has 1 saturated heterocycles. The lowest BCUT2D eigenvalue weighted by atomic mass is 9.85. The van der Waals surface area contributed by atoms with E-state index in [9.17, 15) is 0 Å². The van der Waals surface area contributed by atoms with Crippen molar-refractivity contribution in [1.82, 2.24) is 4.90 Å².